The van der Waals surface area contributed by atoms with Crippen LogP contribution in [0, 0.1) is 5.92 Å². The van der Waals surface area contributed by atoms with E-state index in [4.69, 9.17) is 16.3 Å². The zero-order valence-electron chi connectivity index (χ0n) is 7.25. The summed E-state index contributed by atoms with van der Waals surface area (Å²) in [4.78, 5) is 12.5. The fourth-order valence-corrected chi connectivity index (χ4v) is 1.75. The first kappa shape index (κ1) is 9.81. The molecule has 3 nitrogen and oxygen atoms in total. The van der Waals surface area contributed by atoms with Crippen LogP contribution in [0.5, 0.6) is 0 Å². The summed E-state index contributed by atoms with van der Waals surface area (Å²) in [5, 5.41) is -0.337. The molecule has 1 amide bonds. The molecule has 1 aliphatic rings. The van der Waals surface area contributed by atoms with Crippen molar-refractivity contribution in [2.45, 2.75) is 12.8 Å². The maximum atomic E-state index is 10.8. The minimum atomic E-state index is -0.337. The average molecular weight is 192 g/mol. The van der Waals surface area contributed by atoms with E-state index in [1.165, 1.54) is 0 Å². The summed E-state index contributed by atoms with van der Waals surface area (Å²) < 4.78 is 5.03. The van der Waals surface area contributed by atoms with Gasteiger partial charge in [-0.25, -0.2) is 0 Å². The lowest BCUT2D eigenvalue weighted by atomic mass is 10.00. The van der Waals surface area contributed by atoms with E-state index in [0.717, 1.165) is 32.5 Å². The highest BCUT2D eigenvalue weighted by Gasteiger charge is 2.21. The summed E-state index contributed by atoms with van der Waals surface area (Å²) in [5.74, 6) is 0.464. The molecule has 1 aliphatic heterocycles. The van der Waals surface area contributed by atoms with Gasteiger partial charge in [0.1, 0.15) is 0 Å². The van der Waals surface area contributed by atoms with Crippen LogP contribution in [-0.2, 0) is 4.74 Å². The van der Waals surface area contributed by atoms with Crippen molar-refractivity contribution in [3.63, 3.8) is 0 Å². The largest absolute Gasteiger partial charge is 0.384 e. The van der Waals surface area contributed by atoms with E-state index in [-0.39, 0.29) is 5.37 Å². The Morgan fingerprint density at radius 3 is 3.08 bits per heavy atom. The van der Waals surface area contributed by atoms with Crippen LogP contribution in [0.4, 0.5) is 4.79 Å². The van der Waals surface area contributed by atoms with E-state index >= 15 is 0 Å². The Bertz CT molecular complexity index is 161. The number of nitrogens with zero attached hydrogens (tertiary/aromatic N) is 1. The number of carbonyl (C=O) groups excluding carboxylic acids is 1. The second kappa shape index (κ2) is 4.67. The lowest BCUT2D eigenvalue weighted by Gasteiger charge is -2.30. The molecule has 0 aromatic heterocycles. The molecule has 12 heavy (non-hydrogen) atoms. The minimum Gasteiger partial charge on any atom is -0.384 e. The normalized spacial score (nSPS) is 24.2. The number of piperidine rings is 1. The summed E-state index contributed by atoms with van der Waals surface area (Å²) in [6.45, 7) is 2.26. The van der Waals surface area contributed by atoms with Crippen molar-refractivity contribution in [3.8, 4) is 0 Å². The maximum absolute atomic E-state index is 10.8. The topological polar surface area (TPSA) is 29.5 Å². The molecule has 0 bridgehead atoms. The molecule has 1 saturated heterocycles. The van der Waals surface area contributed by atoms with Crippen LogP contribution in [0.1, 0.15) is 12.8 Å². The zero-order chi connectivity index (χ0) is 8.97. The quantitative estimate of drug-likeness (QED) is 0.491. The highest BCUT2D eigenvalue weighted by atomic mass is 35.5. The first-order chi connectivity index (χ1) is 5.74. The molecule has 0 saturated carbocycles. The highest BCUT2D eigenvalue weighted by molar-refractivity contribution is 6.62. The molecule has 0 spiro atoms. The lowest BCUT2D eigenvalue weighted by Crippen LogP contribution is -2.38. The Balaban J connectivity index is 2.35. The van der Waals surface area contributed by atoms with Crippen LogP contribution in [0.25, 0.3) is 0 Å². The van der Waals surface area contributed by atoms with E-state index in [1.54, 1.807) is 12.0 Å². The first-order valence-electron chi connectivity index (χ1n) is 4.17. The van der Waals surface area contributed by atoms with Gasteiger partial charge in [0, 0.05) is 20.2 Å². The molecule has 0 aliphatic carbocycles. The Morgan fingerprint density at radius 1 is 1.75 bits per heavy atom. The molecule has 1 fully saturated rings. The van der Waals surface area contributed by atoms with E-state index in [9.17, 15) is 4.79 Å². The van der Waals surface area contributed by atoms with Gasteiger partial charge in [-0.1, -0.05) is 0 Å². The molecule has 1 unspecified atom stereocenters. The lowest BCUT2D eigenvalue weighted by molar-refractivity contribution is 0.106. The molecule has 1 heterocycles. The predicted molar refractivity (Wildman–Crippen MR) is 47.4 cm³/mol. The molecule has 4 heteroatoms. The second-order valence-electron chi connectivity index (χ2n) is 3.16. The van der Waals surface area contributed by atoms with Gasteiger partial charge in [-0.3, -0.25) is 4.79 Å². The van der Waals surface area contributed by atoms with Crippen molar-refractivity contribution >= 4 is 17.0 Å². The van der Waals surface area contributed by atoms with Crippen molar-refractivity contribution < 1.29 is 9.53 Å². The van der Waals surface area contributed by atoms with Crippen molar-refractivity contribution in [3.05, 3.63) is 0 Å². The number of carbonyl (C=O) groups is 1. The van der Waals surface area contributed by atoms with Crippen LogP contribution < -0.4 is 0 Å². The van der Waals surface area contributed by atoms with Gasteiger partial charge in [-0.05, 0) is 30.4 Å². The number of halogens is 1. The Hall–Kier alpha value is -0.280. The fourth-order valence-electron chi connectivity index (χ4n) is 1.60. The highest BCUT2D eigenvalue weighted by Crippen LogP contribution is 2.17. The molecule has 0 N–H and O–H groups in total. The number of likely N-dealkylation sites (tertiary alicyclic amines) is 1. The van der Waals surface area contributed by atoms with Crippen LogP contribution in [0.15, 0.2) is 0 Å². The van der Waals surface area contributed by atoms with Gasteiger partial charge in [0.25, 0.3) is 0 Å². The summed E-state index contributed by atoms with van der Waals surface area (Å²) >= 11 is 5.37. The predicted octanol–water partition coefficient (Wildman–Crippen LogP) is 1.70. The van der Waals surface area contributed by atoms with Gasteiger partial charge in [0.2, 0.25) is 0 Å². The second-order valence-corrected chi connectivity index (χ2v) is 3.49. The van der Waals surface area contributed by atoms with Crippen molar-refractivity contribution in [2.24, 2.45) is 5.92 Å². The molecule has 1 atom stereocenters. The number of methoxy groups -OCH3 is 1. The zero-order valence-corrected chi connectivity index (χ0v) is 8.01. The van der Waals surface area contributed by atoms with Gasteiger partial charge in [-0.15, -0.1) is 0 Å². The Kier molecular flexibility index (Phi) is 3.82. The summed E-state index contributed by atoms with van der Waals surface area (Å²) in [7, 11) is 1.68. The summed E-state index contributed by atoms with van der Waals surface area (Å²) in [5.41, 5.74) is 0. The first-order valence-corrected chi connectivity index (χ1v) is 4.55. The van der Waals surface area contributed by atoms with Crippen molar-refractivity contribution in [1.29, 1.82) is 0 Å². The third kappa shape index (κ3) is 2.64. The van der Waals surface area contributed by atoms with Crippen LogP contribution in [0.3, 0.4) is 0 Å². The SMILES string of the molecule is COCC1CCCN(C(=O)Cl)C1. The van der Waals surface area contributed by atoms with Crippen molar-refractivity contribution in [2.75, 3.05) is 26.8 Å². The van der Waals surface area contributed by atoms with Crippen molar-refractivity contribution in [1.82, 2.24) is 4.90 Å². The van der Waals surface area contributed by atoms with Gasteiger partial charge in [0.15, 0.2) is 0 Å². The molecule has 0 aromatic rings. The van der Waals surface area contributed by atoms with E-state index < -0.39 is 0 Å². The number of hydrogen-bond acceptors (Lipinski definition) is 2. The minimum absolute atomic E-state index is 0.337. The van der Waals surface area contributed by atoms with Crippen LogP contribution in [0.2, 0.25) is 0 Å². The van der Waals surface area contributed by atoms with Gasteiger partial charge >= 0.3 is 5.37 Å². The smallest absolute Gasteiger partial charge is 0.316 e. The molecule has 0 aromatic carbocycles. The average Bonchev–Trinajstić information content (AvgIpc) is 2.05. The number of amides is 1. The molecular weight excluding hydrogens is 178 g/mol. The van der Waals surface area contributed by atoms with E-state index in [2.05, 4.69) is 0 Å². The monoisotopic (exact) mass is 191 g/mol. The van der Waals surface area contributed by atoms with Gasteiger partial charge in [-0.2, -0.15) is 0 Å². The van der Waals surface area contributed by atoms with Crippen LogP contribution in [-0.4, -0.2) is 37.1 Å². The number of ether oxygens (including phenoxy) is 1. The third-order valence-electron chi connectivity index (χ3n) is 2.17. The third-order valence-corrected chi connectivity index (χ3v) is 2.41. The Labute approximate surface area is 77.6 Å². The van der Waals surface area contributed by atoms with Gasteiger partial charge < -0.3 is 9.64 Å². The molecular formula is C8H14ClNO2. The molecule has 0 radical (unpaired) electrons. The van der Waals surface area contributed by atoms with Gasteiger partial charge in [0.05, 0.1) is 6.61 Å². The Morgan fingerprint density at radius 2 is 2.50 bits per heavy atom. The van der Waals surface area contributed by atoms with E-state index in [0.29, 0.717) is 5.92 Å². The molecule has 70 valence electrons. The number of rotatable bonds is 2. The standard InChI is InChI=1S/C8H14ClNO2/c1-12-6-7-3-2-4-10(5-7)8(9)11/h7H,2-6H2,1H3. The van der Waals surface area contributed by atoms with Crippen LogP contribution >= 0.6 is 11.6 Å². The number of hydrogen-bond donors (Lipinski definition) is 0. The molecule has 1 rings (SSSR count). The maximum Gasteiger partial charge on any atom is 0.316 e. The fraction of sp³-hybridized carbons (Fsp3) is 0.875. The summed E-state index contributed by atoms with van der Waals surface area (Å²) in [6.07, 6.45) is 2.17. The summed E-state index contributed by atoms with van der Waals surface area (Å²) in [6, 6.07) is 0. The van der Waals surface area contributed by atoms with E-state index in [1.807, 2.05) is 0 Å².